The number of hydrogen-bond donors (Lipinski definition) is 1. The lowest BCUT2D eigenvalue weighted by Crippen LogP contribution is -2.39. The molecule has 0 aromatic heterocycles. The third-order valence-corrected chi connectivity index (χ3v) is 3.74. The highest BCUT2D eigenvalue weighted by Gasteiger charge is 2.30. The molecule has 0 spiro atoms. The average Bonchev–Trinajstić information content (AvgIpc) is 2.77. The quantitative estimate of drug-likeness (QED) is 0.792. The maximum absolute atomic E-state index is 3.69. The van der Waals surface area contributed by atoms with E-state index < -0.39 is 0 Å². The highest BCUT2D eigenvalue weighted by atomic mass is 15.0. The first-order valence-corrected chi connectivity index (χ1v) is 6.14. The Kier molecular flexibility index (Phi) is 3.42. The Morgan fingerprint density at radius 3 is 2.67 bits per heavy atom. The van der Waals surface area contributed by atoms with Crippen molar-refractivity contribution in [3.63, 3.8) is 0 Å². The summed E-state index contributed by atoms with van der Waals surface area (Å²) < 4.78 is 0. The van der Waals surface area contributed by atoms with Gasteiger partial charge in [0.1, 0.15) is 0 Å². The standard InChI is InChI=1S/C14H21N/c1-2-14(10-6-12-15-14)11-9-13-7-4-3-5-8-13/h3-5,7-8,15H,2,6,9-12H2,1H3. The van der Waals surface area contributed by atoms with Crippen LogP contribution in [0.1, 0.15) is 38.2 Å². The molecule has 82 valence electrons. The Morgan fingerprint density at radius 2 is 2.07 bits per heavy atom. The van der Waals surface area contributed by atoms with Crippen LogP contribution in [0.15, 0.2) is 30.3 Å². The van der Waals surface area contributed by atoms with Crippen LogP contribution in [0.3, 0.4) is 0 Å². The average molecular weight is 203 g/mol. The minimum Gasteiger partial charge on any atom is -0.311 e. The van der Waals surface area contributed by atoms with E-state index in [0.717, 1.165) is 0 Å². The molecule has 0 saturated carbocycles. The molecule has 0 bridgehead atoms. The van der Waals surface area contributed by atoms with E-state index >= 15 is 0 Å². The van der Waals surface area contributed by atoms with E-state index in [2.05, 4.69) is 42.6 Å². The summed E-state index contributed by atoms with van der Waals surface area (Å²) in [6, 6.07) is 10.8. The second kappa shape index (κ2) is 4.80. The van der Waals surface area contributed by atoms with Gasteiger partial charge < -0.3 is 5.32 Å². The number of benzene rings is 1. The van der Waals surface area contributed by atoms with Crippen molar-refractivity contribution < 1.29 is 0 Å². The molecule has 1 fully saturated rings. The molecule has 0 aliphatic carbocycles. The predicted octanol–water partition coefficient (Wildman–Crippen LogP) is 3.15. The van der Waals surface area contributed by atoms with Gasteiger partial charge in [0.2, 0.25) is 0 Å². The molecule has 2 rings (SSSR count). The Labute approximate surface area is 92.9 Å². The molecule has 1 unspecified atom stereocenters. The van der Waals surface area contributed by atoms with Crippen LogP contribution < -0.4 is 5.32 Å². The van der Waals surface area contributed by atoms with Gasteiger partial charge in [-0.1, -0.05) is 37.3 Å². The minimum atomic E-state index is 0.440. The molecule has 1 saturated heterocycles. The zero-order valence-corrected chi connectivity index (χ0v) is 9.63. The number of aryl methyl sites for hydroxylation is 1. The van der Waals surface area contributed by atoms with Gasteiger partial charge in [0, 0.05) is 5.54 Å². The summed E-state index contributed by atoms with van der Waals surface area (Å²) in [4.78, 5) is 0. The Hall–Kier alpha value is -0.820. The lowest BCUT2D eigenvalue weighted by atomic mass is 9.87. The number of rotatable bonds is 4. The summed E-state index contributed by atoms with van der Waals surface area (Å²) in [7, 11) is 0. The number of hydrogen-bond acceptors (Lipinski definition) is 1. The van der Waals surface area contributed by atoms with Crippen molar-refractivity contribution in [3.05, 3.63) is 35.9 Å². The van der Waals surface area contributed by atoms with Crippen molar-refractivity contribution in [1.29, 1.82) is 0 Å². The van der Waals surface area contributed by atoms with Crippen LogP contribution in [0.5, 0.6) is 0 Å². The second-order valence-electron chi connectivity index (χ2n) is 4.65. The van der Waals surface area contributed by atoms with Crippen LogP contribution in [0, 0.1) is 0 Å². The summed E-state index contributed by atoms with van der Waals surface area (Å²) in [6.45, 7) is 3.52. The molecule has 0 amide bonds. The fourth-order valence-electron chi connectivity index (χ4n) is 2.59. The number of nitrogens with one attached hydrogen (secondary N) is 1. The molecule has 1 heteroatoms. The van der Waals surface area contributed by atoms with Crippen LogP contribution >= 0.6 is 0 Å². The van der Waals surface area contributed by atoms with Gasteiger partial charge in [-0.2, -0.15) is 0 Å². The van der Waals surface area contributed by atoms with Gasteiger partial charge in [0.25, 0.3) is 0 Å². The van der Waals surface area contributed by atoms with Crippen molar-refractivity contribution in [3.8, 4) is 0 Å². The molecule has 1 heterocycles. The summed E-state index contributed by atoms with van der Waals surface area (Å²) in [6.07, 6.45) is 6.47. The van der Waals surface area contributed by atoms with Gasteiger partial charge in [-0.3, -0.25) is 0 Å². The van der Waals surface area contributed by atoms with E-state index in [0.29, 0.717) is 5.54 Å². The first kappa shape index (κ1) is 10.7. The third kappa shape index (κ3) is 2.60. The molecule has 0 radical (unpaired) electrons. The van der Waals surface area contributed by atoms with Crippen LogP contribution in [0.2, 0.25) is 0 Å². The molecule has 1 aromatic carbocycles. The van der Waals surface area contributed by atoms with Crippen molar-refractivity contribution in [2.45, 2.75) is 44.6 Å². The molecule has 15 heavy (non-hydrogen) atoms. The lowest BCUT2D eigenvalue weighted by Gasteiger charge is -2.28. The predicted molar refractivity (Wildman–Crippen MR) is 65.0 cm³/mol. The van der Waals surface area contributed by atoms with Crippen LogP contribution in [-0.4, -0.2) is 12.1 Å². The topological polar surface area (TPSA) is 12.0 Å². The van der Waals surface area contributed by atoms with E-state index in [-0.39, 0.29) is 0 Å². The third-order valence-electron chi connectivity index (χ3n) is 3.74. The largest absolute Gasteiger partial charge is 0.311 e. The Balaban J connectivity index is 1.92. The van der Waals surface area contributed by atoms with E-state index in [4.69, 9.17) is 0 Å². The van der Waals surface area contributed by atoms with Crippen molar-refractivity contribution in [1.82, 2.24) is 5.32 Å². The zero-order chi connectivity index (χ0) is 10.6. The maximum Gasteiger partial charge on any atom is 0.0182 e. The maximum atomic E-state index is 3.69. The fourth-order valence-corrected chi connectivity index (χ4v) is 2.59. The smallest absolute Gasteiger partial charge is 0.0182 e. The van der Waals surface area contributed by atoms with E-state index in [1.807, 2.05) is 0 Å². The minimum absolute atomic E-state index is 0.440. The second-order valence-corrected chi connectivity index (χ2v) is 4.65. The van der Waals surface area contributed by atoms with Gasteiger partial charge >= 0.3 is 0 Å². The van der Waals surface area contributed by atoms with E-state index in [9.17, 15) is 0 Å². The van der Waals surface area contributed by atoms with Crippen LogP contribution in [0.25, 0.3) is 0 Å². The van der Waals surface area contributed by atoms with E-state index in [1.165, 1.54) is 44.2 Å². The Morgan fingerprint density at radius 1 is 1.27 bits per heavy atom. The van der Waals surface area contributed by atoms with Gasteiger partial charge in [0.05, 0.1) is 0 Å². The van der Waals surface area contributed by atoms with Gasteiger partial charge in [-0.25, -0.2) is 0 Å². The summed E-state index contributed by atoms with van der Waals surface area (Å²) in [5.41, 5.74) is 1.91. The summed E-state index contributed by atoms with van der Waals surface area (Å²) in [5.74, 6) is 0. The SMILES string of the molecule is CCC1(CCc2ccccc2)CCCN1. The summed E-state index contributed by atoms with van der Waals surface area (Å²) >= 11 is 0. The first-order valence-electron chi connectivity index (χ1n) is 6.14. The molecular weight excluding hydrogens is 182 g/mol. The molecule has 1 nitrogen and oxygen atoms in total. The lowest BCUT2D eigenvalue weighted by molar-refractivity contribution is 0.336. The highest BCUT2D eigenvalue weighted by Crippen LogP contribution is 2.27. The molecule has 1 aliphatic rings. The van der Waals surface area contributed by atoms with Gasteiger partial charge in [0.15, 0.2) is 0 Å². The zero-order valence-electron chi connectivity index (χ0n) is 9.63. The van der Waals surface area contributed by atoms with Crippen molar-refractivity contribution in [2.75, 3.05) is 6.54 Å². The Bertz CT molecular complexity index is 285. The first-order chi connectivity index (χ1) is 7.35. The highest BCUT2D eigenvalue weighted by molar-refractivity contribution is 5.15. The van der Waals surface area contributed by atoms with Crippen molar-refractivity contribution in [2.24, 2.45) is 0 Å². The fraction of sp³-hybridized carbons (Fsp3) is 0.571. The molecular formula is C14H21N. The van der Waals surface area contributed by atoms with E-state index in [1.54, 1.807) is 0 Å². The summed E-state index contributed by atoms with van der Waals surface area (Å²) in [5, 5.41) is 3.69. The molecule has 1 N–H and O–H groups in total. The molecule has 1 atom stereocenters. The van der Waals surface area contributed by atoms with Gasteiger partial charge in [-0.05, 0) is 44.2 Å². The van der Waals surface area contributed by atoms with Crippen molar-refractivity contribution >= 4 is 0 Å². The van der Waals surface area contributed by atoms with Crippen LogP contribution in [0.4, 0.5) is 0 Å². The monoisotopic (exact) mass is 203 g/mol. The normalized spacial score (nSPS) is 25.7. The molecule has 1 aromatic rings. The van der Waals surface area contributed by atoms with Crippen LogP contribution in [-0.2, 0) is 6.42 Å². The van der Waals surface area contributed by atoms with Gasteiger partial charge in [-0.15, -0.1) is 0 Å². The molecule has 1 aliphatic heterocycles.